The summed E-state index contributed by atoms with van der Waals surface area (Å²) in [4.78, 5) is 29.7. The summed E-state index contributed by atoms with van der Waals surface area (Å²) in [5, 5.41) is 13.1. The van der Waals surface area contributed by atoms with Crippen LogP contribution >= 0.6 is 0 Å². The van der Waals surface area contributed by atoms with Crippen LogP contribution in [0.25, 0.3) is 0 Å². The van der Waals surface area contributed by atoms with Crippen LogP contribution in [0.3, 0.4) is 0 Å². The molecule has 4 rings (SSSR count). The second kappa shape index (κ2) is 8.34. The Morgan fingerprint density at radius 1 is 1.14 bits per heavy atom. The van der Waals surface area contributed by atoms with Crippen LogP contribution in [0.5, 0.6) is 0 Å². The van der Waals surface area contributed by atoms with E-state index in [2.05, 4.69) is 17.4 Å². The van der Waals surface area contributed by atoms with E-state index in [9.17, 15) is 14.7 Å². The van der Waals surface area contributed by atoms with Gasteiger partial charge in [0.05, 0.1) is 18.2 Å². The molecule has 3 aliphatic rings. The maximum atomic E-state index is 13.0. The van der Waals surface area contributed by atoms with Crippen molar-refractivity contribution >= 4 is 11.9 Å². The fourth-order valence-electron chi connectivity index (χ4n) is 5.68. The van der Waals surface area contributed by atoms with Gasteiger partial charge < -0.3 is 20.2 Å². The van der Waals surface area contributed by atoms with Crippen molar-refractivity contribution in [2.75, 3.05) is 26.2 Å². The number of hydrogen-bond acceptors (Lipinski definition) is 3. The van der Waals surface area contributed by atoms with Crippen molar-refractivity contribution in [1.82, 2.24) is 15.1 Å². The van der Waals surface area contributed by atoms with Gasteiger partial charge in [-0.1, -0.05) is 56.5 Å². The Morgan fingerprint density at radius 3 is 2.45 bits per heavy atom. The first kappa shape index (κ1) is 20.2. The second-order valence-electron chi connectivity index (χ2n) is 8.87. The summed E-state index contributed by atoms with van der Waals surface area (Å²) >= 11 is 0. The van der Waals surface area contributed by atoms with Crippen LogP contribution in [0.1, 0.15) is 56.9 Å². The number of aliphatic hydroxyl groups excluding tert-OH is 1. The minimum Gasteiger partial charge on any atom is -0.394 e. The topological polar surface area (TPSA) is 72.9 Å². The van der Waals surface area contributed by atoms with E-state index in [0.717, 1.165) is 37.7 Å². The van der Waals surface area contributed by atoms with Gasteiger partial charge in [0.25, 0.3) is 0 Å². The monoisotopic (exact) mass is 399 g/mol. The second-order valence-corrected chi connectivity index (χ2v) is 8.87. The van der Waals surface area contributed by atoms with E-state index in [0.29, 0.717) is 19.6 Å². The van der Waals surface area contributed by atoms with E-state index in [4.69, 9.17) is 0 Å². The molecule has 6 heteroatoms. The standard InChI is InChI=1S/C23H33N3O3/c1-2-13-24-22(29)26-19(14-27)20(17-9-5-3-6-10-17)23(26)15-25(16-23)21(28)18-11-7-4-8-12-18/h3,5-6,9-10,18-20,27H,2,4,7-8,11-16H2,1H3,(H,24,29)/t19-,20-/m0/s1. The molecule has 3 amide bonds. The van der Waals surface area contributed by atoms with E-state index in [1.54, 1.807) is 0 Å². The zero-order chi connectivity index (χ0) is 20.4. The highest BCUT2D eigenvalue weighted by molar-refractivity contribution is 5.83. The molecule has 2 saturated heterocycles. The molecule has 0 unspecified atom stereocenters. The van der Waals surface area contributed by atoms with Gasteiger partial charge in [0, 0.05) is 31.5 Å². The van der Waals surface area contributed by atoms with E-state index in [-0.39, 0.29) is 36.4 Å². The fourth-order valence-corrected chi connectivity index (χ4v) is 5.68. The summed E-state index contributed by atoms with van der Waals surface area (Å²) < 4.78 is 0. The van der Waals surface area contributed by atoms with Crippen LogP contribution in [0.2, 0.25) is 0 Å². The Morgan fingerprint density at radius 2 is 1.83 bits per heavy atom. The normalized spacial score (nSPS) is 26.0. The van der Waals surface area contributed by atoms with E-state index >= 15 is 0 Å². The Bertz CT molecular complexity index is 726. The number of benzene rings is 1. The molecule has 3 fully saturated rings. The molecule has 0 bridgehead atoms. The third-order valence-electron chi connectivity index (χ3n) is 7.06. The average Bonchev–Trinajstić information content (AvgIpc) is 2.72. The molecule has 2 N–H and O–H groups in total. The van der Waals surface area contributed by atoms with Crippen LogP contribution in [0.4, 0.5) is 4.79 Å². The zero-order valence-corrected chi connectivity index (χ0v) is 17.3. The molecule has 6 nitrogen and oxygen atoms in total. The molecule has 1 spiro atoms. The molecule has 2 heterocycles. The van der Waals surface area contributed by atoms with Gasteiger partial charge in [-0.2, -0.15) is 0 Å². The number of urea groups is 1. The summed E-state index contributed by atoms with van der Waals surface area (Å²) in [6, 6.07) is 9.75. The predicted molar refractivity (Wildman–Crippen MR) is 111 cm³/mol. The van der Waals surface area contributed by atoms with Gasteiger partial charge in [-0.25, -0.2) is 4.79 Å². The van der Waals surface area contributed by atoms with Crippen LogP contribution in [-0.2, 0) is 4.79 Å². The smallest absolute Gasteiger partial charge is 0.318 e. The lowest BCUT2D eigenvalue weighted by Gasteiger charge is -2.70. The molecule has 2 atom stereocenters. The Kier molecular flexibility index (Phi) is 5.81. The van der Waals surface area contributed by atoms with Crippen LogP contribution in [0.15, 0.2) is 30.3 Å². The van der Waals surface area contributed by atoms with Gasteiger partial charge >= 0.3 is 6.03 Å². The molecule has 1 aromatic carbocycles. The molecular weight excluding hydrogens is 366 g/mol. The molecule has 158 valence electrons. The van der Waals surface area contributed by atoms with Crippen molar-refractivity contribution in [3.05, 3.63) is 35.9 Å². The molecule has 0 aromatic heterocycles. The van der Waals surface area contributed by atoms with Gasteiger partial charge in [-0.15, -0.1) is 0 Å². The van der Waals surface area contributed by atoms with E-state index in [1.807, 2.05) is 34.9 Å². The summed E-state index contributed by atoms with van der Waals surface area (Å²) in [6.45, 7) is 3.70. The minimum atomic E-state index is -0.406. The number of rotatable bonds is 5. The van der Waals surface area contributed by atoms with Gasteiger partial charge in [0.1, 0.15) is 0 Å². The van der Waals surface area contributed by atoms with Gasteiger partial charge in [-0.3, -0.25) is 4.79 Å². The highest BCUT2D eigenvalue weighted by Gasteiger charge is 2.68. The third kappa shape index (κ3) is 3.41. The Balaban J connectivity index is 1.55. The third-order valence-corrected chi connectivity index (χ3v) is 7.06. The lowest BCUT2D eigenvalue weighted by Crippen LogP contribution is -2.86. The van der Waals surface area contributed by atoms with Crippen molar-refractivity contribution in [1.29, 1.82) is 0 Å². The number of likely N-dealkylation sites (tertiary alicyclic amines) is 2. The van der Waals surface area contributed by atoms with Crippen LogP contribution in [-0.4, -0.2) is 64.7 Å². The van der Waals surface area contributed by atoms with Crippen molar-refractivity contribution in [2.24, 2.45) is 5.92 Å². The number of aliphatic hydroxyl groups is 1. The van der Waals surface area contributed by atoms with E-state index in [1.165, 1.54) is 6.42 Å². The van der Waals surface area contributed by atoms with Crippen LogP contribution in [0, 0.1) is 5.92 Å². The Hall–Kier alpha value is -2.08. The van der Waals surface area contributed by atoms with Crippen molar-refractivity contribution in [2.45, 2.75) is 62.9 Å². The lowest BCUT2D eigenvalue weighted by molar-refractivity contribution is -0.180. The number of nitrogens with one attached hydrogen (secondary N) is 1. The number of nitrogens with zero attached hydrogens (tertiary/aromatic N) is 2. The molecular formula is C23H33N3O3. The number of hydrogen-bond donors (Lipinski definition) is 2. The van der Waals surface area contributed by atoms with Crippen LogP contribution < -0.4 is 5.32 Å². The number of carbonyl (C=O) groups excluding carboxylic acids is 2. The molecule has 1 saturated carbocycles. The SMILES string of the molecule is CCCNC(=O)N1[C@@H](CO)[C@H](c2ccccc2)C12CN(C(=O)C1CCCCC1)C2. The van der Waals surface area contributed by atoms with Gasteiger partial charge in [0.15, 0.2) is 0 Å². The largest absolute Gasteiger partial charge is 0.394 e. The summed E-state index contributed by atoms with van der Waals surface area (Å²) in [5.41, 5.74) is 0.729. The average molecular weight is 400 g/mol. The van der Waals surface area contributed by atoms with Crippen molar-refractivity contribution < 1.29 is 14.7 Å². The first-order chi connectivity index (χ1) is 14.1. The predicted octanol–water partition coefficient (Wildman–Crippen LogP) is 2.73. The first-order valence-electron chi connectivity index (χ1n) is 11.1. The molecule has 2 aliphatic heterocycles. The summed E-state index contributed by atoms with van der Waals surface area (Å²) in [7, 11) is 0. The molecule has 1 aromatic rings. The first-order valence-corrected chi connectivity index (χ1v) is 11.1. The maximum Gasteiger partial charge on any atom is 0.318 e. The quantitative estimate of drug-likeness (QED) is 0.800. The number of amides is 3. The molecule has 29 heavy (non-hydrogen) atoms. The highest BCUT2D eigenvalue weighted by atomic mass is 16.3. The molecule has 1 aliphatic carbocycles. The molecule has 0 radical (unpaired) electrons. The highest BCUT2D eigenvalue weighted by Crippen LogP contribution is 2.54. The zero-order valence-electron chi connectivity index (χ0n) is 17.3. The minimum absolute atomic E-state index is 0.0523. The van der Waals surface area contributed by atoms with Gasteiger partial charge in [-0.05, 0) is 24.8 Å². The summed E-state index contributed by atoms with van der Waals surface area (Å²) in [6.07, 6.45) is 6.35. The summed E-state index contributed by atoms with van der Waals surface area (Å²) in [5.74, 6) is 0.451. The van der Waals surface area contributed by atoms with Gasteiger partial charge in [0.2, 0.25) is 5.91 Å². The van der Waals surface area contributed by atoms with E-state index < -0.39 is 5.54 Å². The van der Waals surface area contributed by atoms with Crippen molar-refractivity contribution in [3.8, 4) is 0 Å². The fraction of sp³-hybridized carbons (Fsp3) is 0.652. The number of carbonyl (C=O) groups is 2. The maximum absolute atomic E-state index is 13.0. The Labute approximate surface area is 173 Å². The lowest BCUT2D eigenvalue weighted by atomic mass is 9.60. The van der Waals surface area contributed by atoms with Crippen molar-refractivity contribution in [3.63, 3.8) is 0 Å².